The van der Waals surface area contributed by atoms with Crippen molar-refractivity contribution >= 4 is 34.6 Å². The van der Waals surface area contributed by atoms with E-state index >= 15 is 0 Å². The molecule has 2 N–H and O–H groups in total. The van der Waals surface area contributed by atoms with Crippen molar-refractivity contribution in [2.24, 2.45) is 10.8 Å². The van der Waals surface area contributed by atoms with Gasteiger partial charge in [0.15, 0.2) is 0 Å². The SMILES string of the molecule is CN(Cc1cccs1)C(=O)C1=NN(c2ccccc2)[C@@H](C(N)=O)C1. The molecule has 2 heterocycles. The summed E-state index contributed by atoms with van der Waals surface area (Å²) in [6.45, 7) is 0.516. The smallest absolute Gasteiger partial charge is 0.270 e. The first-order valence-corrected chi connectivity index (χ1v) is 8.43. The van der Waals surface area contributed by atoms with E-state index in [2.05, 4.69) is 5.10 Å². The number of carbonyl (C=O) groups is 2. The first-order chi connectivity index (χ1) is 11.6. The highest BCUT2D eigenvalue weighted by Gasteiger charge is 2.35. The molecule has 0 bridgehead atoms. The Morgan fingerprint density at radius 3 is 2.67 bits per heavy atom. The number of hydrogen-bond donors (Lipinski definition) is 1. The average molecular weight is 342 g/mol. The summed E-state index contributed by atoms with van der Waals surface area (Å²) in [6.07, 6.45) is 0.220. The van der Waals surface area contributed by atoms with Crippen LogP contribution in [0.4, 0.5) is 5.69 Å². The zero-order valence-corrected chi connectivity index (χ0v) is 14.1. The van der Waals surface area contributed by atoms with E-state index in [0.717, 1.165) is 10.6 Å². The summed E-state index contributed by atoms with van der Waals surface area (Å²) >= 11 is 1.60. The number of thiophene rings is 1. The molecule has 0 fully saturated rings. The molecule has 0 aliphatic carbocycles. The molecule has 0 saturated carbocycles. The predicted octanol–water partition coefficient (Wildman–Crippen LogP) is 1.83. The zero-order chi connectivity index (χ0) is 17.1. The summed E-state index contributed by atoms with van der Waals surface area (Å²) in [5.41, 5.74) is 6.59. The molecule has 124 valence electrons. The lowest BCUT2D eigenvalue weighted by molar-refractivity contribution is -0.123. The normalized spacial score (nSPS) is 16.8. The van der Waals surface area contributed by atoms with E-state index in [1.54, 1.807) is 23.3 Å². The van der Waals surface area contributed by atoms with Gasteiger partial charge in [-0.2, -0.15) is 5.10 Å². The summed E-state index contributed by atoms with van der Waals surface area (Å²) in [4.78, 5) is 27.1. The summed E-state index contributed by atoms with van der Waals surface area (Å²) < 4.78 is 0. The van der Waals surface area contributed by atoms with Gasteiger partial charge < -0.3 is 10.6 Å². The van der Waals surface area contributed by atoms with Gasteiger partial charge in [0, 0.05) is 18.3 Å². The number of hydrazone groups is 1. The largest absolute Gasteiger partial charge is 0.368 e. The lowest BCUT2D eigenvalue weighted by atomic mass is 10.1. The molecule has 2 aromatic rings. The average Bonchev–Trinajstić information content (AvgIpc) is 3.24. The zero-order valence-electron chi connectivity index (χ0n) is 13.3. The van der Waals surface area contributed by atoms with E-state index in [0.29, 0.717) is 12.3 Å². The van der Waals surface area contributed by atoms with Crippen LogP contribution in [-0.4, -0.2) is 35.5 Å². The number of para-hydroxylation sites is 1. The van der Waals surface area contributed by atoms with Gasteiger partial charge in [-0.15, -0.1) is 11.3 Å². The van der Waals surface area contributed by atoms with Crippen LogP contribution in [0.3, 0.4) is 0 Å². The highest BCUT2D eigenvalue weighted by molar-refractivity contribution is 7.09. The number of benzene rings is 1. The van der Waals surface area contributed by atoms with Gasteiger partial charge in [-0.3, -0.25) is 14.6 Å². The van der Waals surface area contributed by atoms with Crippen molar-refractivity contribution in [1.82, 2.24) is 4.90 Å². The molecule has 1 atom stereocenters. The van der Waals surface area contributed by atoms with Gasteiger partial charge in [-0.25, -0.2) is 0 Å². The quantitative estimate of drug-likeness (QED) is 0.900. The van der Waals surface area contributed by atoms with Gasteiger partial charge in [0.05, 0.1) is 12.2 Å². The van der Waals surface area contributed by atoms with E-state index in [-0.39, 0.29) is 12.3 Å². The summed E-state index contributed by atoms with van der Waals surface area (Å²) in [5, 5.41) is 7.88. The topological polar surface area (TPSA) is 79.0 Å². The molecule has 0 unspecified atom stereocenters. The molecule has 2 amide bonds. The number of nitrogens with zero attached hydrogens (tertiary/aromatic N) is 3. The Bertz CT molecular complexity index is 758. The second kappa shape index (κ2) is 6.84. The molecule has 0 spiro atoms. The van der Waals surface area contributed by atoms with Crippen molar-refractivity contribution in [2.75, 3.05) is 12.1 Å². The van der Waals surface area contributed by atoms with Crippen LogP contribution in [0.15, 0.2) is 52.9 Å². The molecule has 1 aromatic carbocycles. The molecule has 24 heavy (non-hydrogen) atoms. The van der Waals surface area contributed by atoms with Crippen LogP contribution in [0.2, 0.25) is 0 Å². The molecule has 1 aromatic heterocycles. The third-order valence-electron chi connectivity index (χ3n) is 3.83. The summed E-state index contributed by atoms with van der Waals surface area (Å²) in [5.74, 6) is -0.681. The van der Waals surface area contributed by atoms with Gasteiger partial charge in [0.2, 0.25) is 5.91 Å². The Kier molecular flexibility index (Phi) is 4.61. The second-order valence-electron chi connectivity index (χ2n) is 5.59. The fourth-order valence-corrected chi connectivity index (χ4v) is 3.37. The minimum absolute atomic E-state index is 0.187. The van der Waals surface area contributed by atoms with Crippen LogP contribution < -0.4 is 10.7 Å². The van der Waals surface area contributed by atoms with E-state index in [1.807, 2.05) is 47.8 Å². The van der Waals surface area contributed by atoms with Crippen LogP contribution >= 0.6 is 11.3 Å². The molecule has 7 heteroatoms. The van der Waals surface area contributed by atoms with Crippen molar-refractivity contribution in [2.45, 2.75) is 19.0 Å². The number of hydrogen-bond acceptors (Lipinski definition) is 5. The Labute approximate surface area is 144 Å². The van der Waals surface area contributed by atoms with E-state index in [4.69, 9.17) is 5.73 Å². The minimum atomic E-state index is -0.638. The lowest BCUT2D eigenvalue weighted by Crippen LogP contribution is -2.40. The molecular weight excluding hydrogens is 324 g/mol. The predicted molar refractivity (Wildman–Crippen MR) is 94.7 cm³/mol. The molecular formula is C17H18N4O2S. The number of amides is 2. The monoisotopic (exact) mass is 342 g/mol. The Morgan fingerprint density at radius 1 is 1.29 bits per heavy atom. The standard InChI is InChI=1S/C17H18N4O2S/c1-20(11-13-8-5-9-24-13)17(23)14-10-15(16(18)22)21(19-14)12-6-3-2-4-7-12/h2-9,15H,10-11H2,1H3,(H2,18,22)/t15-/m1/s1. The summed E-state index contributed by atoms with van der Waals surface area (Å²) in [6, 6.07) is 12.5. The highest BCUT2D eigenvalue weighted by Crippen LogP contribution is 2.25. The molecule has 0 saturated heterocycles. The molecule has 3 rings (SSSR count). The van der Waals surface area contributed by atoms with Gasteiger partial charge in [-0.05, 0) is 23.6 Å². The fraction of sp³-hybridized carbons (Fsp3) is 0.235. The Balaban J connectivity index is 1.80. The second-order valence-corrected chi connectivity index (χ2v) is 6.62. The minimum Gasteiger partial charge on any atom is -0.368 e. The number of rotatable bonds is 5. The Hall–Kier alpha value is -2.67. The number of primary amides is 1. The third-order valence-corrected chi connectivity index (χ3v) is 4.69. The van der Waals surface area contributed by atoms with Crippen LogP contribution in [0.1, 0.15) is 11.3 Å². The van der Waals surface area contributed by atoms with Crippen molar-refractivity contribution in [3.8, 4) is 0 Å². The van der Waals surface area contributed by atoms with E-state index < -0.39 is 11.9 Å². The third kappa shape index (κ3) is 3.30. The maximum atomic E-state index is 12.6. The molecule has 1 aliphatic heterocycles. The number of carbonyl (C=O) groups excluding carboxylic acids is 2. The molecule has 0 radical (unpaired) electrons. The van der Waals surface area contributed by atoms with Gasteiger partial charge in [0.1, 0.15) is 11.8 Å². The van der Waals surface area contributed by atoms with Crippen LogP contribution in [0, 0.1) is 0 Å². The summed E-state index contributed by atoms with van der Waals surface area (Å²) in [7, 11) is 1.73. The maximum absolute atomic E-state index is 12.6. The number of anilines is 1. The number of nitrogens with two attached hydrogens (primary N) is 1. The maximum Gasteiger partial charge on any atom is 0.270 e. The van der Waals surface area contributed by atoms with Crippen LogP contribution in [0.25, 0.3) is 0 Å². The van der Waals surface area contributed by atoms with Gasteiger partial charge >= 0.3 is 0 Å². The Morgan fingerprint density at radius 2 is 2.04 bits per heavy atom. The first kappa shape index (κ1) is 16.2. The first-order valence-electron chi connectivity index (χ1n) is 7.55. The highest BCUT2D eigenvalue weighted by atomic mass is 32.1. The van der Waals surface area contributed by atoms with Crippen molar-refractivity contribution < 1.29 is 9.59 Å². The van der Waals surface area contributed by atoms with Gasteiger partial charge in [0.25, 0.3) is 5.91 Å². The van der Waals surface area contributed by atoms with Crippen LogP contribution in [0.5, 0.6) is 0 Å². The molecule has 1 aliphatic rings. The van der Waals surface area contributed by atoms with E-state index in [1.165, 1.54) is 5.01 Å². The van der Waals surface area contributed by atoms with Crippen LogP contribution in [-0.2, 0) is 16.1 Å². The van der Waals surface area contributed by atoms with Crippen molar-refractivity contribution in [1.29, 1.82) is 0 Å². The van der Waals surface area contributed by atoms with Crippen molar-refractivity contribution in [3.63, 3.8) is 0 Å². The molecule has 6 nitrogen and oxygen atoms in total. The van der Waals surface area contributed by atoms with Gasteiger partial charge in [-0.1, -0.05) is 24.3 Å². The van der Waals surface area contributed by atoms with E-state index in [9.17, 15) is 9.59 Å². The fourth-order valence-electron chi connectivity index (χ4n) is 2.61. The lowest BCUT2D eigenvalue weighted by Gasteiger charge is -2.20. The van der Waals surface area contributed by atoms with Crippen molar-refractivity contribution in [3.05, 3.63) is 52.7 Å².